The maximum Gasteiger partial charge on any atom is 0.135 e. The van der Waals surface area contributed by atoms with E-state index in [0.29, 0.717) is 34.1 Å². The Bertz CT molecular complexity index is 1340. The lowest BCUT2D eigenvalue weighted by Gasteiger charge is -2.33. The number of benzene rings is 2. The molecule has 1 aliphatic rings. The van der Waals surface area contributed by atoms with Gasteiger partial charge in [0.2, 0.25) is 0 Å². The molecule has 0 amide bonds. The molecule has 0 radical (unpaired) electrons. The smallest absolute Gasteiger partial charge is 0.135 e. The summed E-state index contributed by atoms with van der Waals surface area (Å²) in [5.41, 5.74) is 4.27. The van der Waals surface area contributed by atoms with Crippen LogP contribution in [0.5, 0.6) is 0 Å². The highest BCUT2D eigenvalue weighted by molar-refractivity contribution is 6.04. The molecular formula is C37H44N6. The van der Waals surface area contributed by atoms with Crippen molar-refractivity contribution < 1.29 is 0 Å². The third-order valence-electron chi connectivity index (χ3n) is 8.66. The number of anilines is 2. The fourth-order valence-electron chi connectivity index (χ4n) is 6.08. The van der Waals surface area contributed by atoms with Crippen molar-refractivity contribution in [1.82, 2.24) is 0 Å². The number of nitriles is 4. The Morgan fingerprint density at radius 2 is 1.14 bits per heavy atom. The molecule has 0 saturated carbocycles. The van der Waals surface area contributed by atoms with Gasteiger partial charge in [-0.3, -0.25) is 0 Å². The first-order valence-electron chi connectivity index (χ1n) is 15.8. The lowest BCUT2D eigenvalue weighted by molar-refractivity contribution is 0.403. The topological polar surface area (TPSA) is 110 Å². The summed E-state index contributed by atoms with van der Waals surface area (Å²) >= 11 is 0. The summed E-state index contributed by atoms with van der Waals surface area (Å²) in [6.07, 6.45) is 9.71. The highest BCUT2D eigenvalue weighted by Gasteiger charge is 2.36. The van der Waals surface area contributed by atoms with Gasteiger partial charge >= 0.3 is 0 Å². The van der Waals surface area contributed by atoms with E-state index in [-0.39, 0.29) is 11.1 Å². The minimum Gasteiger partial charge on any atom is -0.374 e. The molecule has 1 aliphatic carbocycles. The second-order valence-electron chi connectivity index (χ2n) is 11.4. The summed E-state index contributed by atoms with van der Waals surface area (Å²) in [6, 6.07) is 23.1. The van der Waals surface area contributed by atoms with E-state index in [2.05, 4.69) is 50.0 Å². The van der Waals surface area contributed by atoms with E-state index < -0.39 is 6.04 Å². The summed E-state index contributed by atoms with van der Waals surface area (Å²) in [5, 5.41) is 42.7. The Balaban J connectivity index is 2.00. The molecule has 222 valence electrons. The summed E-state index contributed by atoms with van der Waals surface area (Å²) in [4.78, 5) is 2.56. The van der Waals surface area contributed by atoms with E-state index in [1.807, 2.05) is 60.7 Å². The molecule has 2 atom stereocenters. The predicted octanol–water partition coefficient (Wildman–Crippen LogP) is 9.02. The third-order valence-corrected chi connectivity index (χ3v) is 8.66. The van der Waals surface area contributed by atoms with Gasteiger partial charge in [-0.2, -0.15) is 21.0 Å². The molecule has 2 unspecified atom stereocenters. The Morgan fingerprint density at radius 1 is 0.698 bits per heavy atom. The van der Waals surface area contributed by atoms with Gasteiger partial charge in [0.25, 0.3) is 0 Å². The van der Waals surface area contributed by atoms with Crippen LogP contribution >= 0.6 is 0 Å². The van der Waals surface area contributed by atoms with Crippen molar-refractivity contribution in [3.05, 3.63) is 70.8 Å². The second-order valence-corrected chi connectivity index (χ2v) is 11.4. The SMILES string of the molecule is CCCCC(CC)CN(CC(CC)CCCC)c1ccc(NC2C(=C(C#N)C#N)c3ccccc3C2=C(C#N)C#N)cc1. The maximum atomic E-state index is 9.82. The first-order chi connectivity index (χ1) is 21.0. The lowest BCUT2D eigenvalue weighted by Crippen LogP contribution is -2.34. The fourth-order valence-corrected chi connectivity index (χ4v) is 6.08. The number of unbranched alkanes of at least 4 members (excludes halogenated alkanes) is 2. The zero-order valence-electron chi connectivity index (χ0n) is 26.2. The fraction of sp³-hybridized carbons (Fsp3) is 0.459. The third kappa shape index (κ3) is 8.07. The molecule has 0 bridgehead atoms. The van der Waals surface area contributed by atoms with Gasteiger partial charge in [0, 0.05) is 35.6 Å². The number of nitrogens with one attached hydrogen (secondary N) is 1. The number of rotatable bonds is 15. The van der Waals surface area contributed by atoms with Crippen LogP contribution in [0.1, 0.15) is 90.2 Å². The Labute approximate surface area is 258 Å². The molecule has 0 aliphatic heterocycles. The molecule has 0 spiro atoms. The van der Waals surface area contributed by atoms with Gasteiger partial charge in [-0.25, -0.2) is 0 Å². The van der Waals surface area contributed by atoms with Gasteiger partial charge in [-0.1, -0.05) is 90.5 Å². The maximum absolute atomic E-state index is 9.82. The van der Waals surface area contributed by atoms with Crippen molar-refractivity contribution in [2.24, 2.45) is 11.8 Å². The van der Waals surface area contributed by atoms with Crippen LogP contribution in [0.2, 0.25) is 0 Å². The zero-order valence-corrected chi connectivity index (χ0v) is 26.2. The van der Waals surface area contributed by atoms with Crippen LogP contribution in [0, 0.1) is 57.2 Å². The molecule has 2 aromatic carbocycles. The molecular weight excluding hydrogens is 528 g/mol. The quantitative estimate of drug-likeness (QED) is 0.213. The largest absolute Gasteiger partial charge is 0.374 e. The summed E-state index contributed by atoms with van der Waals surface area (Å²) in [6.45, 7) is 11.2. The van der Waals surface area contributed by atoms with E-state index >= 15 is 0 Å². The minimum absolute atomic E-state index is 0.0339. The number of fused-ring (bicyclic) bond motifs is 1. The Hall–Kier alpha value is -4.52. The number of hydrogen-bond donors (Lipinski definition) is 1. The van der Waals surface area contributed by atoms with Crippen LogP contribution in [0.15, 0.2) is 59.7 Å². The highest BCUT2D eigenvalue weighted by atomic mass is 15.1. The van der Waals surface area contributed by atoms with Crippen LogP contribution in [0.25, 0.3) is 11.1 Å². The molecule has 6 heteroatoms. The van der Waals surface area contributed by atoms with Crippen molar-refractivity contribution in [2.75, 3.05) is 23.3 Å². The summed E-state index contributed by atoms with van der Waals surface area (Å²) in [5.74, 6) is 1.29. The van der Waals surface area contributed by atoms with Gasteiger partial charge < -0.3 is 10.2 Å². The molecule has 6 nitrogen and oxygen atoms in total. The van der Waals surface area contributed by atoms with Crippen molar-refractivity contribution in [1.29, 1.82) is 21.0 Å². The molecule has 2 aromatic rings. The standard InChI is InChI=1S/C37H44N6/c1-5-9-13-27(7-3)25-43(26-28(8-4)14-10-6-2)32-19-17-31(18-20-32)42-37-35(29(21-38)22-39)33-15-11-12-16-34(33)36(37)30(23-40)24-41/h11-12,15-20,27-28,37,42H,5-10,13-14,25-26H2,1-4H3. The second kappa shape index (κ2) is 16.8. The van der Waals surface area contributed by atoms with Crippen molar-refractivity contribution in [2.45, 2.75) is 85.1 Å². The van der Waals surface area contributed by atoms with Gasteiger partial charge in [-0.05, 0) is 60.1 Å². The van der Waals surface area contributed by atoms with E-state index in [4.69, 9.17) is 0 Å². The molecule has 0 aromatic heterocycles. The van der Waals surface area contributed by atoms with Gasteiger partial charge in [0.05, 0.1) is 6.04 Å². The average Bonchev–Trinajstić information content (AvgIpc) is 3.35. The van der Waals surface area contributed by atoms with Crippen molar-refractivity contribution in [3.63, 3.8) is 0 Å². The number of allylic oxidation sites excluding steroid dienone is 2. The molecule has 43 heavy (non-hydrogen) atoms. The normalized spacial score (nSPS) is 13.6. The van der Waals surface area contributed by atoms with Gasteiger partial charge in [-0.15, -0.1) is 0 Å². The van der Waals surface area contributed by atoms with Crippen LogP contribution < -0.4 is 10.2 Å². The predicted molar refractivity (Wildman–Crippen MR) is 175 cm³/mol. The first kappa shape index (κ1) is 33.0. The first-order valence-corrected chi connectivity index (χ1v) is 15.8. The van der Waals surface area contributed by atoms with Crippen LogP contribution in [-0.2, 0) is 0 Å². The number of hydrogen-bond acceptors (Lipinski definition) is 6. The molecule has 1 N–H and O–H groups in total. The monoisotopic (exact) mass is 572 g/mol. The van der Waals surface area contributed by atoms with Crippen LogP contribution in [0.4, 0.5) is 11.4 Å². The zero-order chi connectivity index (χ0) is 31.2. The Morgan fingerprint density at radius 3 is 1.51 bits per heavy atom. The van der Waals surface area contributed by atoms with E-state index in [1.165, 1.54) is 44.2 Å². The molecule has 3 rings (SSSR count). The molecule has 0 saturated heterocycles. The minimum atomic E-state index is -0.681. The van der Waals surface area contributed by atoms with Crippen molar-refractivity contribution in [3.8, 4) is 24.3 Å². The average molecular weight is 573 g/mol. The Kier molecular flexibility index (Phi) is 12.9. The summed E-state index contributed by atoms with van der Waals surface area (Å²) < 4.78 is 0. The van der Waals surface area contributed by atoms with E-state index in [0.717, 1.165) is 31.6 Å². The van der Waals surface area contributed by atoms with Crippen LogP contribution in [0.3, 0.4) is 0 Å². The van der Waals surface area contributed by atoms with Crippen LogP contribution in [-0.4, -0.2) is 19.1 Å². The van der Waals surface area contributed by atoms with Gasteiger partial charge in [0.15, 0.2) is 0 Å². The lowest BCUT2D eigenvalue weighted by atomic mass is 9.95. The highest BCUT2D eigenvalue weighted by Crippen LogP contribution is 2.45. The van der Waals surface area contributed by atoms with E-state index in [9.17, 15) is 21.0 Å². The summed E-state index contributed by atoms with van der Waals surface area (Å²) in [7, 11) is 0. The molecule has 0 heterocycles. The molecule has 0 fully saturated rings. The van der Waals surface area contributed by atoms with Gasteiger partial charge in [0.1, 0.15) is 35.4 Å². The number of nitrogens with zero attached hydrogens (tertiary/aromatic N) is 5. The van der Waals surface area contributed by atoms with E-state index in [1.54, 1.807) is 0 Å². The van der Waals surface area contributed by atoms with Crippen molar-refractivity contribution >= 4 is 22.5 Å².